The number of hydrogen-bond acceptors (Lipinski definition) is 2. The van der Waals surface area contributed by atoms with E-state index in [9.17, 15) is 0 Å². The van der Waals surface area contributed by atoms with Crippen molar-refractivity contribution in [2.24, 2.45) is 5.41 Å². The lowest BCUT2D eigenvalue weighted by atomic mass is 9.81. The number of hydrogen-bond donors (Lipinski definition) is 0. The van der Waals surface area contributed by atoms with E-state index in [0.717, 1.165) is 32.5 Å². The molecule has 0 aromatic carbocycles. The van der Waals surface area contributed by atoms with Crippen molar-refractivity contribution in [2.45, 2.75) is 38.7 Å². The zero-order valence-electron chi connectivity index (χ0n) is 9.44. The topological polar surface area (TPSA) is 18.5 Å². The molecule has 1 aliphatic rings. The molecule has 0 aromatic heterocycles. The van der Waals surface area contributed by atoms with Crippen molar-refractivity contribution >= 4 is 11.6 Å². The quantitative estimate of drug-likeness (QED) is 0.664. The van der Waals surface area contributed by atoms with Gasteiger partial charge >= 0.3 is 0 Å². The lowest BCUT2D eigenvalue weighted by Crippen LogP contribution is -2.29. The van der Waals surface area contributed by atoms with E-state index in [0.29, 0.717) is 5.88 Å². The van der Waals surface area contributed by atoms with Crippen molar-refractivity contribution < 1.29 is 9.47 Å². The molecule has 0 amide bonds. The molecule has 1 fully saturated rings. The Morgan fingerprint density at radius 2 is 2.21 bits per heavy atom. The Kier molecular flexibility index (Phi) is 4.23. The van der Waals surface area contributed by atoms with Crippen molar-refractivity contribution in [3.8, 4) is 0 Å². The van der Waals surface area contributed by atoms with E-state index in [2.05, 4.69) is 13.8 Å². The summed E-state index contributed by atoms with van der Waals surface area (Å²) in [5.74, 6) is 0.701. The number of ether oxygens (including phenoxy) is 2. The molecule has 3 heteroatoms. The molecule has 1 heterocycles. The Morgan fingerprint density at radius 3 is 2.64 bits per heavy atom. The Morgan fingerprint density at radius 1 is 1.50 bits per heavy atom. The number of methoxy groups -OCH3 is 1. The molecule has 1 unspecified atom stereocenters. The third-order valence-corrected chi connectivity index (χ3v) is 3.85. The highest BCUT2D eigenvalue weighted by Gasteiger charge is 2.35. The van der Waals surface area contributed by atoms with Crippen molar-refractivity contribution in [3.63, 3.8) is 0 Å². The van der Waals surface area contributed by atoms with Gasteiger partial charge in [0, 0.05) is 25.0 Å². The second-order valence-corrected chi connectivity index (χ2v) is 5.17. The van der Waals surface area contributed by atoms with E-state index in [4.69, 9.17) is 21.1 Å². The minimum atomic E-state index is -0.0400. The van der Waals surface area contributed by atoms with Gasteiger partial charge in [-0.05, 0) is 33.1 Å². The minimum absolute atomic E-state index is 0.0400. The van der Waals surface area contributed by atoms with Crippen molar-refractivity contribution in [1.29, 1.82) is 0 Å². The molecule has 0 bridgehead atoms. The van der Waals surface area contributed by atoms with Crippen LogP contribution in [0, 0.1) is 5.41 Å². The Bertz CT molecular complexity index is 174. The maximum absolute atomic E-state index is 6.02. The van der Waals surface area contributed by atoms with E-state index in [-0.39, 0.29) is 11.0 Å². The molecule has 0 saturated carbocycles. The SMILES string of the molecule is COC(C)(C)CCC1(CCl)CCOC1. The monoisotopic (exact) mass is 220 g/mol. The lowest BCUT2D eigenvalue weighted by molar-refractivity contribution is 0.00410. The van der Waals surface area contributed by atoms with Crippen LogP contribution in [-0.2, 0) is 9.47 Å². The average molecular weight is 221 g/mol. The van der Waals surface area contributed by atoms with Crippen LogP contribution in [0.4, 0.5) is 0 Å². The Balaban J connectivity index is 2.41. The van der Waals surface area contributed by atoms with Crippen LogP contribution in [0.25, 0.3) is 0 Å². The van der Waals surface area contributed by atoms with Gasteiger partial charge in [0.15, 0.2) is 0 Å². The zero-order chi connectivity index (χ0) is 10.7. The fourth-order valence-electron chi connectivity index (χ4n) is 1.69. The molecule has 14 heavy (non-hydrogen) atoms. The van der Waals surface area contributed by atoms with Crippen molar-refractivity contribution in [2.75, 3.05) is 26.2 Å². The summed E-state index contributed by atoms with van der Waals surface area (Å²) in [5, 5.41) is 0. The minimum Gasteiger partial charge on any atom is -0.381 e. The molecule has 1 aliphatic heterocycles. The first kappa shape index (κ1) is 12.3. The molecule has 0 aromatic rings. The molecule has 0 spiro atoms. The van der Waals surface area contributed by atoms with Gasteiger partial charge in [-0.25, -0.2) is 0 Å². The Hall–Kier alpha value is 0.210. The van der Waals surface area contributed by atoms with Gasteiger partial charge in [0.1, 0.15) is 0 Å². The highest BCUT2D eigenvalue weighted by molar-refractivity contribution is 6.18. The fraction of sp³-hybridized carbons (Fsp3) is 1.00. The maximum atomic E-state index is 6.02. The molecule has 0 radical (unpaired) electrons. The predicted molar refractivity (Wildman–Crippen MR) is 58.9 cm³/mol. The molecule has 84 valence electrons. The molecule has 2 nitrogen and oxygen atoms in total. The summed E-state index contributed by atoms with van der Waals surface area (Å²) < 4.78 is 10.8. The van der Waals surface area contributed by atoms with Gasteiger partial charge in [-0.3, -0.25) is 0 Å². The number of rotatable bonds is 5. The van der Waals surface area contributed by atoms with E-state index >= 15 is 0 Å². The molecule has 1 atom stereocenters. The normalized spacial score (nSPS) is 28.3. The number of halogens is 1. The highest BCUT2D eigenvalue weighted by atomic mass is 35.5. The summed E-state index contributed by atoms with van der Waals surface area (Å²) in [6, 6.07) is 0. The van der Waals surface area contributed by atoms with E-state index in [1.54, 1.807) is 7.11 Å². The largest absolute Gasteiger partial charge is 0.381 e. The van der Waals surface area contributed by atoms with Crippen LogP contribution in [0.5, 0.6) is 0 Å². The van der Waals surface area contributed by atoms with Crippen molar-refractivity contribution in [1.82, 2.24) is 0 Å². The van der Waals surface area contributed by atoms with Gasteiger partial charge in [0.05, 0.1) is 12.2 Å². The molecule has 0 N–H and O–H groups in total. The summed E-state index contributed by atoms with van der Waals surface area (Å²) in [6.45, 7) is 5.91. The van der Waals surface area contributed by atoms with Crippen LogP contribution in [0.2, 0.25) is 0 Å². The van der Waals surface area contributed by atoms with E-state index < -0.39 is 0 Å². The lowest BCUT2D eigenvalue weighted by Gasteiger charge is -2.30. The van der Waals surface area contributed by atoms with Gasteiger partial charge in [-0.15, -0.1) is 11.6 Å². The van der Waals surface area contributed by atoms with Crippen LogP contribution in [0.15, 0.2) is 0 Å². The first-order valence-electron chi connectivity index (χ1n) is 5.22. The molecular weight excluding hydrogens is 200 g/mol. The smallest absolute Gasteiger partial charge is 0.0623 e. The van der Waals surface area contributed by atoms with Crippen LogP contribution < -0.4 is 0 Å². The fourth-order valence-corrected chi connectivity index (χ4v) is 2.03. The van der Waals surface area contributed by atoms with Crippen LogP contribution >= 0.6 is 11.6 Å². The average Bonchev–Trinajstić information content (AvgIpc) is 2.65. The first-order valence-corrected chi connectivity index (χ1v) is 5.76. The third kappa shape index (κ3) is 3.11. The Labute approximate surface area is 91.9 Å². The molecule has 0 aliphatic carbocycles. The standard InChI is InChI=1S/C11H21ClO2/c1-10(2,13-3)4-5-11(8-12)6-7-14-9-11/h4-9H2,1-3H3. The van der Waals surface area contributed by atoms with Crippen LogP contribution in [0.1, 0.15) is 33.1 Å². The second-order valence-electron chi connectivity index (χ2n) is 4.90. The molecule has 1 saturated heterocycles. The van der Waals surface area contributed by atoms with Gasteiger partial charge < -0.3 is 9.47 Å². The number of alkyl halides is 1. The maximum Gasteiger partial charge on any atom is 0.0623 e. The van der Waals surface area contributed by atoms with Crippen molar-refractivity contribution in [3.05, 3.63) is 0 Å². The van der Waals surface area contributed by atoms with Crippen LogP contribution in [0.3, 0.4) is 0 Å². The molecule has 1 rings (SSSR count). The van der Waals surface area contributed by atoms with Gasteiger partial charge in [-0.2, -0.15) is 0 Å². The zero-order valence-corrected chi connectivity index (χ0v) is 10.2. The summed E-state index contributed by atoms with van der Waals surface area (Å²) in [4.78, 5) is 0. The summed E-state index contributed by atoms with van der Waals surface area (Å²) >= 11 is 6.02. The van der Waals surface area contributed by atoms with Gasteiger partial charge in [0.25, 0.3) is 0 Å². The second kappa shape index (κ2) is 4.82. The third-order valence-electron chi connectivity index (χ3n) is 3.28. The first-order chi connectivity index (χ1) is 6.54. The highest BCUT2D eigenvalue weighted by Crippen LogP contribution is 2.37. The van der Waals surface area contributed by atoms with E-state index in [1.807, 2.05) is 0 Å². The summed E-state index contributed by atoms with van der Waals surface area (Å²) in [5.41, 5.74) is 0.166. The van der Waals surface area contributed by atoms with E-state index in [1.165, 1.54) is 0 Å². The van der Waals surface area contributed by atoms with Gasteiger partial charge in [-0.1, -0.05) is 0 Å². The van der Waals surface area contributed by atoms with Gasteiger partial charge in [0.2, 0.25) is 0 Å². The summed E-state index contributed by atoms with van der Waals surface area (Å²) in [6.07, 6.45) is 3.23. The molecular formula is C11H21ClO2. The predicted octanol–water partition coefficient (Wildman–Crippen LogP) is 2.84. The van der Waals surface area contributed by atoms with Crippen LogP contribution in [-0.4, -0.2) is 31.8 Å². The summed E-state index contributed by atoms with van der Waals surface area (Å²) in [7, 11) is 1.76.